The van der Waals surface area contributed by atoms with Crippen LogP contribution in [0.4, 0.5) is 5.69 Å². The second-order valence-corrected chi connectivity index (χ2v) is 3.19. The van der Waals surface area contributed by atoms with Crippen molar-refractivity contribution in [3.05, 3.63) is 42.7 Å². The number of anilines is 1. The van der Waals surface area contributed by atoms with Crippen LogP contribution in [0, 0.1) is 0 Å². The second kappa shape index (κ2) is 4.00. The minimum Gasteiger partial charge on any atom is -0.495 e. The summed E-state index contributed by atoms with van der Waals surface area (Å²) in [6, 6.07) is 9.63. The lowest BCUT2D eigenvalue weighted by Gasteiger charge is -2.07. The molecule has 2 N–H and O–H groups in total. The van der Waals surface area contributed by atoms with E-state index in [4.69, 9.17) is 10.5 Å². The Morgan fingerprint density at radius 3 is 2.47 bits per heavy atom. The van der Waals surface area contributed by atoms with Gasteiger partial charge in [-0.25, -0.2) is 0 Å². The Kier molecular flexibility index (Phi) is 2.54. The van der Waals surface area contributed by atoms with Gasteiger partial charge in [-0.1, -0.05) is 6.07 Å². The molecule has 0 aliphatic rings. The largest absolute Gasteiger partial charge is 0.495 e. The van der Waals surface area contributed by atoms with E-state index >= 15 is 0 Å². The van der Waals surface area contributed by atoms with Gasteiger partial charge < -0.3 is 10.5 Å². The van der Waals surface area contributed by atoms with E-state index in [2.05, 4.69) is 4.98 Å². The summed E-state index contributed by atoms with van der Waals surface area (Å²) < 4.78 is 5.17. The average molecular weight is 200 g/mol. The fourth-order valence-electron chi connectivity index (χ4n) is 1.44. The molecule has 0 atom stereocenters. The zero-order valence-corrected chi connectivity index (χ0v) is 8.47. The first-order valence-electron chi connectivity index (χ1n) is 4.65. The lowest BCUT2D eigenvalue weighted by molar-refractivity contribution is 0.417. The van der Waals surface area contributed by atoms with Crippen LogP contribution >= 0.6 is 0 Å². The van der Waals surface area contributed by atoms with Crippen molar-refractivity contribution in [3.8, 4) is 16.9 Å². The highest BCUT2D eigenvalue weighted by Gasteiger charge is 2.02. The number of nitrogens with two attached hydrogens (primary N) is 1. The third-order valence-corrected chi connectivity index (χ3v) is 2.25. The summed E-state index contributed by atoms with van der Waals surface area (Å²) in [6.07, 6.45) is 3.52. The third-order valence-electron chi connectivity index (χ3n) is 2.25. The van der Waals surface area contributed by atoms with Gasteiger partial charge in [0.15, 0.2) is 0 Å². The van der Waals surface area contributed by atoms with Gasteiger partial charge in [0.1, 0.15) is 5.75 Å². The Balaban J connectivity index is 2.46. The lowest BCUT2D eigenvalue weighted by Crippen LogP contribution is -1.92. The molecule has 2 rings (SSSR count). The number of methoxy groups -OCH3 is 1. The smallest absolute Gasteiger partial charge is 0.142 e. The van der Waals surface area contributed by atoms with Crippen molar-refractivity contribution in [2.24, 2.45) is 0 Å². The van der Waals surface area contributed by atoms with Gasteiger partial charge >= 0.3 is 0 Å². The Bertz CT molecular complexity index is 454. The van der Waals surface area contributed by atoms with E-state index in [1.807, 2.05) is 30.3 Å². The first kappa shape index (κ1) is 9.52. The molecular formula is C12H12N2O. The first-order chi connectivity index (χ1) is 7.31. The van der Waals surface area contributed by atoms with Crippen molar-refractivity contribution >= 4 is 5.69 Å². The highest BCUT2D eigenvalue weighted by molar-refractivity contribution is 5.69. The maximum atomic E-state index is 5.74. The van der Waals surface area contributed by atoms with Crippen LogP contribution in [0.1, 0.15) is 0 Å². The standard InChI is InChI=1S/C12H12N2O/c1-15-12-8-10(2-3-11(12)13)9-4-6-14-7-5-9/h2-8H,13H2,1H3. The van der Waals surface area contributed by atoms with Crippen molar-refractivity contribution in [2.75, 3.05) is 12.8 Å². The maximum absolute atomic E-state index is 5.74. The van der Waals surface area contributed by atoms with Crippen molar-refractivity contribution in [1.29, 1.82) is 0 Å². The van der Waals surface area contributed by atoms with Crippen molar-refractivity contribution in [2.45, 2.75) is 0 Å². The summed E-state index contributed by atoms with van der Waals surface area (Å²) >= 11 is 0. The number of nitrogen functional groups attached to an aromatic ring is 1. The topological polar surface area (TPSA) is 48.1 Å². The van der Waals surface area contributed by atoms with E-state index in [1.165, 1.54) is 0 Å². The van der Waals surface area contributed by atoms with Gasteiger partial charge in [-0.3, -0.25) is 4.98 Å². The minimum atomic E-state index is 0.648. The quantitative estimate of drug-likeness (QED) is 0.757. The Hall–Kier alpha value is -2.03. The van der Waals surface area contributed by atoms with Gasteiger partial charge in [0.25, 0.3) is 0 Å². The third kappa shape index (κ3) is 1.91. The van der Waals surface area contributed by atoms with Crippen LogP contribution in [0.5, 0.6) is 5.75 Å². The number of ether oxygens (including phenoxy) is 1. The zero-order valence-electron chi connectivity index (χ0n) is 8.47. The molecule has 0 aliphatic carbocycles. The van der Waals surface area contributed by atoms with Crippen molar-refractivity contribution < 1.29 is 4.74 Å². The van der Waals surface area contributed by atoms with E-state index in [0.29, 0.717) is 11.4 Å². The van der Waals surface area contributed by atoms with E-state index < -0.39 is 0 Å². The fourth-order valence-corrected chi connectivity index (χ4v) is 1.44. The Morgan fingerprint density at radius 1 is 1.07 bits per heavy atom. The number of benzene rings is 1. The molecule has 3 heteroatoms. The normalized spacial score (nSPS) is 9.93. The SMILES string of the molecule is COc1cc(-c2ccncc2)ccc1N. The van der Waals surface area contributed by atoms with E-state index in [0.717, 1.165) is 11.1 Å². The highest BCUT2D eigenvalue weighted by Crippen LogP contribution is 2.28. The zero-order chi connectivity index (χ0) is 10.7. The maximum Gasteiger partial charge on any atom is 0.142 e. The first-order valence-corrected chi connectivity index (χ1v) is 4.65. The molecule has 76 valence electrons. The molecule has 0 fully saturated rings. The van der Waals surface area contributed by atoms with Gasteiger partial charge in [0.05, 0.1) is 12.8 Å². The van der Waals surface area contributed by atoms with Gasteiger partial charge in [-0.05, 0) is 35.4 Å². The van der Waals surface area contributed by atoms with Crippen LogP contribution in [0.2, 0.25) is 0 Å². The molecule has 0 unspecified atom stereocenters. The summed E-state index contributed by atoms with van der Waals surface area (Å²) in [5.41, 5.74) is 8.56. The molecule has 1 heterocycles. The molecular weight excluding hydrogens is 188 g/mol. The molecule has 0 aliphatic heterocycles. The Labute approximate surface area is 88.5 Å². The average Bonchev–Trinajstić information content (AvgIpc) is 2.31. The number of hydrogen-bond acceptors (Lipinski definition) is 3. The Morgan fingerprint density at radius 2 is 1.80 bits per heavy atom. The monoisotopic (exact) mass is 200 g/mol. The van der Waals surface area contributed by atoms with Crippen LogP contribution in [0.15, 0.2) is 42.7 Å². The summed E-state index contributed by atoms with van der Waals surface area (Å²) in [5, 5.41) is 0. The number of hydrogen-bond donors (Lipinski definition) is 1. The molecule has 0 saturated heterocycles. The predicted molar refractivity (Wildman–Crippen MR) is 60.6 cm³/mol. The predicted octanol–water partition coefficient (Wildman–Crippen LogP) is 2.34. The van der Waals surface area contributed by atoms with E-state index in [-0.39, 0.29) is 0 Å². The fraction of sp³-hybridized carbons (Fsp3) is 0.0833. The summed E-state index contributed by atoms with van der Waals surface area (Å²) in [5.74, 6) is 0.698. The van der Waals surface area contributed by atoms with Gasteiger partial charge in [0, 0.05) is 12.4 Å². The van der Waals surface area contributed by atoms with E-state index in [9.17, 15) is 0 Å². The lowest BCUT2D eigenvalue weighted by atomic mass is 10.1. The second-order valence-electron chi connectivity index (χ2n) is 3.19. The van der Waals surface area contributed by atoms with E-state index in [1.54, 1.807) is 19.5 Å². The molecule has 15 heavy (non-hydrogen) atoms. The molecule has 1 aromatic heterocycles. The van der Waals surface area contributed by atoms with Crippen LogP contribution in [-0.2, 0) is 0 Å². The molecule has 3 nitrogen and oxygen atoms in total. The number of nitrogens with zero attached hydrogens (tertiary/aromatic N) is 1. The van der Waals surface area contributed by atoms with Gasteiger partial charge in [-0.2, -0.15) is 0 Å². The van der Waals surface area contributed by atoms with Crippen LogP contribution in [0.25, 0.3) is 11.1 Å². The highest BCUT2D eigenvalue weighted by atomic mass is 16.5. The van der Waals surface area contributed by atoms with Crippen molar-refractivity contribution in [3.63, 3.8) is 0 Å². The summed E-state index contributed by atoms with van der Waals surface area (Å²) in [4.78, 5) is 3.98. The minimum absolute atomic E-state index is 0.648. The summed E-state index contributed by atoms with van der Waals surface area (Å²) in [7, 11) is 1.61. The van der Waals surface area contributed by atoms with Crippen molar-refractivity contribution in [1.82, 2.24) is 4.98 Å². The number of pyridine rings is 1. The molecule has 0 saturated carbocycles. The number of aromatic nitrogens is 1. The van der Waals surface area contributed by atoms with Crippen LogP contribution in [-0.4, -0.2) is 12.1 Å². The van der Waals surface area contributed by atoms with Crippen LogP contribution < -0.4 is 10.5 Å². The van der Waals surface area contributed by atoms with Gasteiger partial charge in [-0.15, -0.1) is 0 Å². The molecule has 0 amide bonds. The molecule has 0 bridgehead atoms. The number of rotatable bonds is 2. The summed E-state index contributed by atoms with van der Waals surface area (Å²) in [6.45, 7) is 0. The molecule has 0 spiro atoms. The molecule has 1 aromatic carbocycles. The van der Waals surface area contributed by atoms with Crippen LogP contribution in [0.3, 0.4) is 0 Å². The molecule has 0 radical (unpaired) electrons. The van der Waals surface area contributed by atoms with Gasteiger partial charge in [0.2, 0.25) is 0 Å². The molecule has 2 aromatic rings.